The Bertz CT molecular complexity index is 872. The van der Waals surface area contributed by atoms with Crippen molar-refractivity contribution in [3.63, 3.8) is 0 Å². The van der Waals surface area contributed by atoms with Crippen molar-refractivity contribution < 1.29 is 13.2 Å². The first kappa shape index (κ1) is 18.1. The minimum absolute atomic E-state index is 0. The van der Waals surface area contributed by atoms with Gasteiger partial charge in [0.1, 0.15) is 5.82 Å². The molecular weight excluding hydrogens is 354 g/mol. The van der Waals surface area contributed by atoms with Gasteiger partial charge in [0, 0.05) is 24.8 Å². The molecule has 3 rings (SSSR count). The van der Waals surface area contributed by atoms with Crippen LogP contribution in [0.1, 0.15) is 11.1 Å². The third kappa shape index (κ3) is 4.20. The van der Waals surface area contributed by atoms with Crippen molar-refractivity contribution in [2.75, 3.05) is 5.32 Å². The number of hydrogen-bond acceptors (Lipinski definition) is 4. The van der Waals surface area contributed by atoms with E-state index in [-0.39, 0.29) is 25.0 Å². The molecule has 0 saturated carbocycles. The molecule has 2 amide bonds. The summed E-state index contributed by atoms with van der Waals surface area (Å²) in [5.74, 6) is 0.527. The molecule has 10 heteroatoms. The van der Waals surface area contributed by atoms with Gasteiger partial charge in [0.2, 0.25) is 0 Å². The van der Waals surface area contributed by atoms with Gasteiger partial charge in [-0.1, -0.05) is 18.2 Å². The molecule has 2 aromatic rings. The van der Waals surface area contributed by atoms with E-state index in [4.69, 9.17) is 5.14 Å². The number of anilines is 1. The lowest BCUT2D eigenvalue weighted by Gasteiger charge is -2.20. The number of carbonyl (C=O) groups excluding carboxylic acids is 1. The lowest BCUT2D eigenvalue weighted by Crippen LogP contribution is -2.34. The average molecular weight is 370 g/mol. The van der Waals surface area contributed by atoms with E-state index in [2.05, 4.69) is 20.3 Å². The number of nitrogens with two attached hydrogens (primary N) is 1. The summed E-state index contributed by atoms with van der Waals surface area (Å²) >= 11 is 0. The van der Waals surface area contributed by atoms with Crippen LogP contribution in [0.4, 0.5) is 10.6 Å². The van der Waals surface area contributed by atoms with Crippen LogP contribution in [0, 0.1) is 0 Å². The second kappa shape index (κ2) is 7.14. The number of nitrogens with one attached hydrogen (secondary N) is 3. The molecule has 0 fully saturated rings. The maximum absolute atomic E-state index is 11.4. The Kier molecular flexibility index (Phi) is 5.40. The SMILES string of the molecule is Cl.NS(=O)(=O)NCc1cccc(-c2ccnc3c2CNC(=O)N3)c1. The highest BCUT2D eigenvalue weighted by atomic mass is 35.5. The number of amides is 2. The van der Waals surface area contributed by atoms with Crippen molar-refractivity contribution in [2.45, 2.75) is 13.1 Å². The number of fused-ring (bicyclic) bond motifs is 1. The normalized spacial score (nSPS) is 13.3. The Balaban J connectivity index is 0.00000208. The largest absolute Gasteiger partial charge is 0.334 e. The van der Waals surface area contributed by atoms with Crippen LogP contribution in [0.3, 0.4) is 0 Å². The van der Waals surface area contributed by atoms with Gasteiger partial charge >= 0.3 is 6.03 Å². The highest BCUT2D eigenvalue weighted by molar-refractivity contribution is 7.87. The molecule has 24 heavy (non-hydrogen) atoms. The van der Waals surface area contributed by atoms with Crippen LogP contribution in [0.25, 0.3) is 11.1 Å². The summed E-state index contributed by atoms with van der Waals surface area (Å²) in [4.78, 5) is 15.5. The summed E-state index contributed by atoms with van der Waals surface area (Å²) in [6, 6.07) is 8.97. The molecule has 0 atom stereocenters. The van der Waals surface area contributed by atoms with Crippen LogP contribution in [0.5, 0.6) is 0 Å². The molecule has 1 aromatic heterocycles. The molecule has 8 nitrogen and oxygen atoms in total. The van der Waals surface area contributed by atoms with Crippen LogP contribution in [-0.4, -0.2) is 19.4 Å². The Morgan fingerprint density at radius 3 is 2.83 bits per heavy atom. The minimum atomic E-state index is -3.74. The van der Waals surface area contributed by atoms with E-state index in [0.29, 0.717) is 12.4 Å². The van der Waals surface area contributed by atoms with Crippen molar-refractivity contribution in [1.29, 1.82) is 0 Å². The molecular formula is C14H16ClN5O3S. The van der Waals surface area contributed by atoms with E-state index in [0.717, 1.165) is 22.3 Å². The number of aromatic nitrogens is 1. The molecule has 0 saturated heterocycles. The van der Waals surface area contributed by atoms with E-state index in [1.165, 1.54) is 0 Å². The molecule has 2 heterocycles. The standard InChI is InChI=1S/C14H15N5O3S.ClH/c15-23(21,22)18-7-9-2-1-3-10(6-9)11-4-5-16-13-12(11)8-17-14(20)19-13;/h1-6,18H,7-8H2,(H2,15,21,22)(H2,16,17,19,20);1H. The molecule has 0 bridgehead atoms. The number of urea groups is 1. The lowest BCUT2D eigenvalue weighted by molar-refractivity contribution is 0.250. The van der Waals surface area contributed by atoms with E-state index >= 15 is 0 Å². The summed E-state index contributed by atoms with van der Waals surface area (Å²) in [6.45, 7) is 0.485. The van der Waals surface area contributed by atoms with E-state index in [9.17, 15) is 13.2 Å². The first-order chi connectivity index (χ1) is 10.9. The van der Waals surface area contributed by atoms with Crippen molar-refractivity contribution >= 4 is 34.5 Å². The van der Waals surface area contributed by atoms with Crippen LogP contribution < -0.4 is 20.5 Å². The smallest absolute Gasteiger partial charge is 0.320 e. The molecule has 0 unspecified atom stereocenters. The zero-order chi connectivity index (χ0) is 16.4. The topological polar surface area (TPSA) is 126 Å². The van der Waals surface area contributed by atoms with Crippen LogP contribution >= 0.6 is 12.4 Å². The third-order valence-electron chi connectivity index (χ3n) is 3.43. The van der Waals surface area contributed by atoms with Gasteiger partial charge in [-0.05, 0) is 28.8 Å². The first-order valence-electron chi connectivity index (χ1n) is 6.82. The Labute approximate surface area is 145 Å². The predicted molar refractivity (Wildman–Crippen MR) is 92.7 cm³/mol. The van der Waals surface area contributed by atoms with Gasteiger partial charge in [0.25, 0.3) is 10.2 Å². The first-order valence-corrected chi connectivity index (χ1v) is 8.36. The van der Waals surface area contributed by atoms with Gasteiger partial charge in [-0.25, -0.2) is 14.9 Å². The molecule has 0 radical (unpaired) electrons. The molecule has 0 spiro atoms. The van der Waals surface area contributed by atoms with Crippen molar-refractivity contribution in [3.05, 3.63) is 47.7 Å². The second-order valence-corrected chi connectivity index (χ2v) is 6.44. The summed E-state index contributed by atoms with van der Waals surface area (Å²) in [6.07, 6.45) is 1.62. The molecule has 128 valence electrons. The number of halogens is 1. The summed E-state index contributed by atoms with van der Waals surface area (Å²) in [5.41, 5.74) is 3.47. The predicted octanol–water partition coefficient (Wildman–Crippen LogP) is 1.10. The highest BCUT2D eigenvalue weighted by Gasteiger charge is 2.18. The summed E-state index contributed by atoms with van der Waals surface area (Å²) in [7, 11) is -3.74. The van der Waals surface area contributed by atoms with E-state index in [1.54, 1.807) is 12.3 Å². The number of carbonyl (C=O) groups is 1. The van der Waals surface area contributed by atoms with Gasteiger partial charge in [-0.3, -0.25) is 5.32 Å². The minimum Gasteiger partial charge on any atom is -0.334 e. The molecule has 0 aliphatic carbocycles. The number of hydrogen-bond donors (Lipinski definition) is 4. The third-order valence-corrected chi connectivity index (χ3v) is 3.98. The van der Waals surface area contributed by atoms with E-state index in [1.807, 2.05) is 24.3 Å². The van der Waals surface area contributed by atoms with Gasteiger partial charge in [0.15, 0.2) is 0 Å². The maximum Gasteiger partial charge on any atom is 0.320 e. The van der Waals surface area contributed by atoms with Gasteiger partial charge in [-0.2, -0.15) is 13.1 Å². The fourth-order valence-electron chi connectivity index (χ4n) is 2.40. The number of rotatable bonds is 4. The highest BCUT2D eigenvalue weighted by Crippen LogP contribution is 2.29. The monoisotopic (exact) mass is 369 g/mol. The zero-order valence-corrected chi connectivity index (χ0v) is 14.1. The Hall–Kier alpha value is -2.20. The second-order valence-electron chi connectivity index (χ2n) is 5.06. The fourth-order valence-corrected chi connectivity index (χ4v) is 2.77. The average Bonchev–Trinajstić information content (AvgIpc) is 2.52. The van der Waals surface area contributed by atoms with E-state index < -0.39 is 10.2 Å². The molecule has 1 aromatic carbocycles. The number of nitrogens with zero attached hydrogens (tertiary/aromatic N) is 1. The fraction of sp³-hybridized carbons (Fsp3) is 0.143. The van der Waals surface area contributed by atoms with Crippen molar-refractivity contribution in [1.82, 2.24) is 15.0 Å². The van der Waals surface area contributed by atoms with Gasteiger partial charge in [0.05, 0.1) is 0 Å². The zero-order valence-electron chi connectivity index (χ0n) is 12.4. The molecule has 5 N–H and O–H groups in total. The van der Waals surface area contributed by atoms with Gasteiger partial charge in [-0.15, -0.1) is 12.4 Å². The maximum atomic E-state index is 11.4. The van der Waals surface area contributed by atoms with Crippen LogP contribution in [0.15, 0.2) is 36.5 Å². The number of benzene rings is 1. The molecule has 1 aliphatic heterocycles. The number of pyridine rings is 1. The van der Waals surface area contributed by atoms with Crippen molar-refractivity contribution in [3.8, 4) is 11.1 Å². The lowest BCUT2D eigenvalue weighted by atomic mass is 9.98. The van der Waals surface area contributed by atoms with Crippen LogP contribution in [-0.2, 0) is 23.3 Å². The van der Waals surface area contributed by atoms with Crippen molar-refractivity contribution in [2.24, 2.45) is 5.14 Å². The summed E-state index contributed by atoms with van der Waals surface area (Å²) in [5, 5.41) is 10.3. The Morgan fingerprint density at radius 1 is 1.29 bits per heavy atom. The van der Waals surface area contributed by atoms with Gasteiger partial charge < -0.3 is 5.32 Å². The Morgan fingerprint density at radius 2 is 2.08 bits per heavy atom. The van der Waals surface area contributed by atoms with Crippen LogP contribution in [0.2, 0.25) is 0 Å². The summed E-state index contributed by atoms with van der Waals surface area (Å²) < 4.78 is 24.2. The molecule has 1 aliphatic rings. The quantitative estimate of drug-likeness (QED) is 0.643.